The first-order valence-electron chi connectivity index (χ1n) is 5.59. The summed E-state index contributed by atoms with van der Waals surface area (Å²) >= 11 is 4.57. The van der Waals surface area contributed by atoms with Crippen molar-refractivity contribution in [3.63, 3.8) is 0 Å². The highest BCUT2D eigenvalue weighted by Crippen LogP contribution is 2.27. The number of hydrogen-bond donors (Lipinski definition) is 4. The van der Waals surface area contributed by atoms with Crippen molar-refractivity contribution in [3.05, 3.63) is 9.98 Å². The summed E-state index contributed by atoms with van der Waals surface area (Å²) in [5.41, 5.74) is 0. The number of nitrogens with one attached hydrogen (secondary N) is 1. The van der Waals surface area contributed by atoms with E-state index in [2.05, 4.69) is 26.2 Å². The number of aromatic nitrogens is 1. The minimum atomic E-state index is -1.20. The average molecular weight is 355 g/mol. The molecule has 1 aliphatic rings. The number of hydrogen-bond acceptors (Lipinski definition) is 8. The molecule has 1 saturated heterocycles. The van der Waals surface area contributed by atoms with Crippen molar-refractivity contribution in [1.82, 2.24) is 4.98 Å². The molecule has 0 amide bonds. The van der Waals surface area contributed by atoms with Gasteiger partial charge in [0.1, 0.15) is 29.0 Å². The molecular weight excluding hydrogens is 340 g/mol. The summed E-state index contributed by atoms with van der Waals surface area (Å²) < 4.78 is 11.2. The van der Waals surface area contributed by atoms with Crippen LogP contribution in [0.15, 0.2) is 9.98 Å². The predicted octanol–water partition coefficient (Wildman–Crippen LogP) is -0.229. The molecule has 1 aromatic rings. The van der Waals surface area contributed by atoms with Crippen LogP contribution in [0, 0.1) is 0 Å². The van der Waals surface area contributed by atoms with Gasteiger partial charge in [-0.3, -0.25) is 0 Å². The predicted molar refractivity (Wildman–Crippen MR) is 72.0 cm³/mol. The largest absolute Gasteiger partial charge is 0.394 e. The van der Waals surface area contributed by atoms with Gasteiger partial charge in [-0.1, -0.05) is 0 Å². The van der Waals surface area contributed by atoms with Gasteiger partial charge in [0.2, 0.25) is 0 Å². The van der Waals surface area contributed by atoms with E-state index in [1.807, 2.05) is 0 Å². The topological polar surface area (TPSA) is 104 Å². The lowest BCUT2D eigenvalue weighted by Crippen LogP contribution is -2.61. The van der Waals surface area contributed by atoms with Crippen molar-refractivity contribution < 1.29 is 24.8 Å². The average Bonchev–Trinajstić information content (AvgIpc) is 2.81. The standard InChI is InChI=1S/C10H15BrN2O5S/c1-17-9-6(13-10-12-5(11)3-19-10)8(16)7(15)4(2-14)18-9/h3-4,6-9,14-16H,2H2,1H3,(H,12,13)/t4-,6-,7+,8-,9+/m1/s1. The number of aliphatic hydroxyl groups excluding tert-OH is 3. The first kappa shape index (κ1) is 15.1. The maximum absolute atomic E-state index is 10.1. The van der Waals surface area contributed by atoms with Crippen LogP contribution in [0.3, 0.4) is 0 Å². The van der Waals surface area contributed by atoms with Crippen molar-refractivity contribution >= 4 is 32.4 Å². The summed E-state index contributed by atoms with van der Waals surface area (Å²) in [5.74, 6) is 0. The van der Waals surface area contributed by atoms with Gasteiger partial charge in [-0.05, 0) is 15.9 Å². The molecule has 0 aliphatic carbocycles. The molecule has 4 N–H and O–H groups in total. The highest BCUT2D eigenvalue weighted by molar-refractivity contribution is 9.10. The third-order valence-corrected chi connectivity index (χ3v) is 4.36. The van der Waals surface area contributed by atoms with Crippen molar-refractivity contribution in [2.45, 2.75) is 30.6 Å². The van der Waals surface area contributed by atoms with Gasteiger partial charge in [-0.2, -0.15) is 0 Å². The zero-order chi connectivity index (χ0) is 14.0. The minimum absolute atomic E-state index is 0.395. The summed E-state index contributed by atoms with van der Waals surface area (Å²) in [5, 5.41) is 34.3. The molecule has 0 aromatic carbocycles. The second-order valence-corrected chi connectivity index (χ2v) is 5.76. The lowest BCUT2D eigenvalue weighted by atomic mass is 9.97. The van der Waals surface area contributed by atoms with Crippen LogP contribution in [0.1, 0.15) is 0 Å². The van der Waals surface area contributed by atoms with Crippen LogP contribution in [-0.2, 0) is 9.47 Å². The van der Waals surface area contributed by atoms with E-state index in [0.29, 0.717) is 9.73 Å². The Kier molecular flexibility index (Phi) is 5.12. The molecule has 108 valence electrons. The molecule has 7 nitrogen and oxygen atoms in total. The molecule has 0 unspecified atom stereocenters. The smallest absolute Gasteiger partial charge is 0.184 e. The molecule has 0 radical (unpaired) electrons. The van der Waals surface area contributed by atoms with Crippen LogP contribution >= 0.6 is 27.3 Å². The normalized spacial score (nSPS) is 35.3. The molecule has 2 rings (SSSR count). The molecule has 9 heteroatoms. The van der Waals surface area contributed by atoms with Gasteiger partial charge in [0.05, 0.1) is 6.61 Å². The Labute approximate surface area is 122 Å². The summed E-state index contributed by atoms with van der Waals surface area (Å²) in [4.78, 5) is 4.14. The molecule has 19 heavy (non-hydrogen) atoms. The number of aliphatic hydroxyl groups is 3. The summed E-state index contributed by atoms with van der Waals surface area (Å²) in [6.45, 7) is -0.395. The van der Waals surface area contributed by atoms with Gasteiger partial charge < -0.3 is 30.1 Å². The summed E-state index contributed by atoms with van der Waals surface area (Å²) in [6, 6.07) is -0.680. The van der Waals surface area contributed by atoms with E-state index in [4.69, 9.17) is 14.6 Å². The molecule has 5 atom stereocenters. The first-order chi connectivity index (χ1) is 9.06. The SMILES string of the molecule is CO[C@H]1O[C@H](CO)[C@H](O)[C@H](O)[C@H]1Nc1nc(Br)cs1. The van der Waals surface area contributed by atoms with Gasteiger partial charge >= 0.3 is 0 Å². The van der Waals surface area contributed by atoms with Crippen molar-refractivity contribution in [3.8, 4) is 0 Å². The quantitative estimate of drug-likeness (QED) is 0.592. The van der Waals surface area contributed by atoms with E-state index in [-0.39, 0.29) is 0 Å². The van der Waals surface area contributed by atoms with Gasteiger partial charge in [0.25, 0.3) is 0 Å². The highest BCUT2D eigenvalue weighted by atomic mass is 79.9. The van der Waals surface area contributed by atoms with Crippen molar-refractivity contribution in [1.29, 1.82) is 0 Å². The molecule has 1 fully saturated rings. The Morgan fingerprint density at radius 3 is 2.79 bits per heavy atom. The second-order valence-electron chi connectivity index (χ2n) is 4.09. The van der Waals surface area contributed by atoms with E-state index < -0.39 is 37.3 Å². The zero-order valence-corrected chi connectivity index (χ0v) is 12.5. The minimum Gasteiger partial charge on any atom is -0.394 e. The molecule has 2 heterocycles. The maximum atomic E-state index is 10.1. The fourth-order valence-corrected chi connectivity index (χ4v) is 3.09. The number of ether oxygens (including phenoxy) is 2. The van der Waals surface area contributed by atoms with E-state index in [1.165, 1.54) is 18.4 Å². The Bertz CT molecular complexity index is 418. The third-order valence-electron chi connectivity index (χ3n) is 2.88. The monoisotopic (exact) mass is 354 g/mol. The lowest BCUT2D eigenvalue weighted by molar-refractivity contribution is -0.254. The molecule has 0 spiro atoms. The molecule has 0 bridgehead atoms. The second kappa shape index (κ2) is 6.44. The van der Waals surface area contributed by atoms with E-state index >= 15 is 0 Å². The number of rotatable bonds is 4. The summed E-state index contributed by atoms with van der Waals surface area (Å²) in [6.07, 6.45) is -4.00. The van der Waals surface area contributed by atoms with E-state index in [9.17, 15) is 10.2 Å². The molecular formula is C10H15BrN2O5S. The number of methoxy groups -OCH3 is 1. The van der Waals surface area contributed by atoms with Crippen LogP contribution in [0.4, 0.5) is 5.13 Å². The van der Waals surface area contributed by atoms with Gasteiger partial charge in [0.15, 0.2) is 11.4 Å². The first-order valence-corrected chi connectivity index (χ1v) is 7.27. The Morgan fingerprint density at radius 2 is 2.26 bits per heavy atom. The fourth-order valence-electron chi connectivity index (χ4n) is 1.90. The Hall–Kier alpha value is -0.290. The van der Waals surface area contributed by atoms with Gasteiger partial charge in [-0.25, -0.2) is 4.98 Å². The van der Waals surface area contributed by atoms with E-state index in [0.717, 1.165) is 0 Å². The van der Waals surface area contributed by atoms with Crippen LogP contribution in [0.25, 0.3) is 0 Å². The van der Waals surface area contributed by atoms with E-state index in [1.54, 1.807) is 5.38 Å². The Balaban J connectivity index is 2.12. The fraction of sp³-hybridized carbons (Fsp3) is 0.700. The molecule has 0 saturated carbocycles. The third kappa shape index (κ3) is 3.24. The maximum Gasteiger partial charge on any atom is 0.184 e. The highest BCUT2D eigenvalue weighted by Gasteiger charge is 2.44. The van der Waals surface area contributed by atoms with Crippen LogP contribution < -0.4 is 5.32 Å². The lowest BCUT2D eigenvalue weighted by Gasteiger charge is -2.41. The number of anilines is 1. The number of nitrogens with zero attached hydrogens (tertiary/aromatic N) is 1. The van der Waals surface area contributed by atoms with Crippen LogP contribution in [-0.4, -0.2) is 64.7 Å². The zero-order valence-electron chi connectivity index (χ0n) is 10.1. The summed E-state index contributed by atoms with van der Waals surface area (Å²) in [7, 11) is 1.43. The molecule has 1 aliphatic heterocycles. The van der Waals surface area contributed by atoms with Gasteiger partial charge in [0, 0.05) is 12.5 Å². The van der Waals surface area contributed by atoms with Crippen LogP contribution in [0.2, 0.25) is 0 Å². The number of halogens is 1. The Morgan fingerprint density at radius 1 is 1.53 bits per heavy atom. The molecule has 1 aromatic heterocycles. The van der Waals surface area contributed by atoms with Crippen LogP contribution in [0.5, 0.6) is 0 Å². The van der Waals surface area contributed by atoms with Gasteiger partial charge in [-0.15, -0.1) is 11.3 Å². The van der Waals surface area contributed by atoms with Crippen molar-refractivity contribution in [2.75, 3.05) is 19.0 Å². The van der Waals surface area contributed by atoms with Crippen molar-refractivity contribution in [2.24, 2.45) is 0 Å². The number of thiazole rings is 1.